The van der Waals surface area contributed by atoms with E-state index < -0.39 is 9.84 Å². The van der Waals surface area contributed by atoms with Gasteiger partial charge in [0.1, 0.15) is 9.84 Å². The summed E-state index contributed by atoms with van der Waals surface area (Å²) in [6.45, 7) is 1.44. The summed E-state index contributed by atoms with van der Waals surface area (Å²) in [5.41, 5.74) is 2.07. The predicted molar refractivity (Wildman–Crippen MR) is 75.5 cm³/mol. The summed E-state index contributed by atoms with van der Waals surface area (Å²) in [7, 11) is -2.90. The maximum absolute atomic E-state index is 11.3. The van der Waals surface area contributed by atoms with Crippen molar-refractivity contribution in [2.24, 2.45) is 0 Å². The van der Waals surface area contributed by atoms with Gasteiger partial charge in [-0.3, -0.25) is 4.90 Å². The van der Waals surface area contributed by atoms with Crippen molar-refractivity contribution in [2.75, 3.05) is 18.6 Å². The van der Waals surface area contributed by atoms with Crippen LogP contribution in [0.25, 0.3) is 0 Å². The SMILES string of the molecule is CS(=O)(=O)CCN(Cc1ccc(CO)cc1)C1CC1. The Morgan fingerprint density at radius 2 is 1.79 bits per heavy atom. The lowest BCUT2D eigenvalue weighted by molar-refractivity contribution is 0.269. The van der Waals surface area contributed by atoms with Gasteiger partial charge in [0.15, 0.2) is 0 Å². The van der Waals surface area contributed by atoms with Crippen LogP contribution in [0.3, 0.4) is 0 Å². The highest BCUT2D eigenvalue weighted by Crippen LogP contribution is 2.28. The monoisotopic (exact) mass is 283 g/mol. The lowest BCUT2D eigenvalue weighted by Gasteiger charge is -2.21. The van der Waals surface area contributed by atoms with Gasteiger partial charge >= 0.3 is 0 Å². The Morgan fingerprint density at radius 3 is 2.26 bits per heavy atom. The summed E-state index contributed by atoms with van der Waals surface area (Å²) in [6, 6.07) is 8.37. The van der Waals surface area contributed by atoms with Crippen molar-refractivity contribution in [3.8, 4) is 0 Å². The Balaban J connectivity index is 1.95. The minimum absolute atomic E-state index is 0.0562. The van der Waals surface area contributed by atoms with E-state index in [9.17, 15) is 8.42 Å². The molecule has 0 radical (unpaired) electrons. The van der Waals surface area contributed by atoms with Gasteiger partial charge in [0.05, 0.1) is 12.4 Å². The molecule has 0 saturated heterocycles. The van der Waals surface area contributed by atoms with Crippen LogP contribution in [0, 0.1) is 0 Å². The maximum atomic E-state index is 11.3. The minimum atomic E-state index is -2.90. The first kappa shape index (κ1) is 14.5. The highest BCUT2D eigenvalue weighted by atomic mass is 32.2. The number of nitrogens with zero attached hydrogens (tertiary/aromatic N) is 1. The first-order valence-corrected chi connectivity index (χ1v) is 8.64. The van der Waals surface area contributed by atoms with E-state index >= 15 is 0 Å². The van der Waals surface area contributed by atoms with Crippen molar-refractivity contribution in [1.82, 2.24) is 4.90 Å². The highest BCUT2D eigenvalue weighted by Gasteiger charge is 2.29. The van der Waals surface area contributed by atoms with Crippen molar-refractivity contribution in [3.05, 3.63) is 35.4 Å². The molecule has 0 heterocycles. The van der Waals surface area contributed by atoms with Gasteiger partial charge in [-0.05, 0) is 24.0 Å². The molecule has 0 aromatic heterocycles. The standard InChI is InChI=1S/C14H21NO3S/c1-19(17,18)9-8-15(14-6-7-14)10-12-2-4-13(11-16)5-3-12/h2-5,14,16H,6-11H2,1H3. The maximum Gasteiger partial charge on any atom is 0.148 e. The van der Waals surface area contributed by atoms with Crippen molar-refractivity contribution in [3.63, 3.8) is 0 Å². The Labute approximate surface area is 115 Å². The second-order valence-corrected chi connectivity index (χ2v) is 7.57. The topological polar surface area (TPSA) is 57.6 Å². The summed E-state index contributed by atoms with van der Waals surface area (Å²) < 4.78 is 22.5. The lowest BCUT2D eigenvalue weighted by Crippen LogP contribution is -2.30. The van der Waals surface area contributed by atoms with Crippen molar-refractivity contribution < 1.29 is 13.5 Å². The third-order valence-corrected chi connectivity index (χ3v) is 4.33. The minimum Gasteiger partial charge on any atom is -0.392 e. The van der Waals surface area contributed by atoms with Gasteiger partial charge in [-0.15, -0.1) is 0 Å². The zero-order chi connectivity index (χ0) is 13.9. The first-order valence-electron chi connectivity index (χ1n) is 6.58. The van der Waals surface area contributed by atoms with Gasteiger partial charge in [-0.2, -0.15) is 0 Å². The fourth-order valence-electron chi connectivity index (χ4n) is 2.10. The zero-order valence-corrected chi connectivity index (χ0v) is 12.1. The van der Waals surface area contributed by atoms with E-state index in [2.05, 4.69) is 4.90 Å². The number of aliphatic hydroxyl groups is 1. The second-order valence-electron chi connectivity index (χ2n) is 5.31. The predicted octanol–water partition coefficient (Wildman–Crippen LogP) is 1.19. The highest BCUT2D eigenvalue weighted by molar-refractivity contribution is 7.90. The molecule has 19 heavy (non-hydrogen) atoms. The van der Waals surface area contributed by atoms with Crippen LogP contribution in [0.4, 0.5) is 0 Å². The Morgan fingerprint density at radius 1 is 1.21 bits per heavy atom. The molecule has 1 N–H and O–H groups in total. The van der Waals surface area contributed by atoms with Crippen molar-refractivity contribution >= 4 is 9.84 Å². The van der Waals surface area contributed by atoms with Crippen LogP contribution in [0.1, 0.15) is 24.0 Å². The van der Waals surface area contributed by atoms with Gasteiger partial charge in [-0.1, -0.05) is 24.3 Å². The molecule has 0 amide bonds. The second kappa shape index (κ2) is 6.03. The zero-order valence-electron chi connectivity index (χ0n) is 11.2. The first-order chi connectivity index (χ1) is 8.98. The van der Waals surface area contributed by atoms with Gasteiger partial charge in [0, 0.05) is 25.4 Å². The van der Waals surface area contributed by atoms with Gasteiger partial charge in [-0.25, -0.2) is 8.42 Å². The van der Waals surface area contributed by atoms with E-state index in [-0.39, 0.29) is 12.4 Å². The van der Waals surface area contributed by atoms with Gasteiger partial charge in [0.2, 0.25) is 0 Å². The lowest BCUT2D eigenvalue weighted by atomic mass is 10.1. The molecule has 0 aliphatic heterocycles. The number of hydrogen-bond donors (Lipinski definition) is 1. The van der Waals surface area contributed by atoms with E-state index in [0.29, 0.717) is 12.6 Å². The third kappa shape index (κ3) is 4.93. The molecule has 1 aromatic carbocycles. The van der Waals surface area contributed by atoms with Crippen LogP contribution < -0.4 is 0 Å². The molecule has 1 aliphatic carbocycles. The molecule has 1 aromatic rings. The molecule has 4 nitrogen and oxygen atoms in total. The van der Waals surface area contributed by atoms with E-state index in [1.165, 1.54) is 19.1 Å². The quantitative estimate of drug-likeness (QED) is 0.816. The van der Waals surface area contributed by atoms with Crippen LogP contribution in [0.2, 0.25) is 0 Å². The summed E-state index contributed by atoms with van der Waals surface area (Å²) in [5.74, 6) is 0.220. The fraction of sp³-hybridized carbons (Fsp3) is 0.571. The smallest absolute Gasteiger partial charge is 0.148 e. The molecule has 5 heteroatoms. The summed E-state index contributed by atoms with van der Waals surface area (Å²) in [5, 5.41) is 9.01. The van der Waals surface area contributed by atoms with Crippen LogP contribution in [0.5, 0.6) is 0 Å². The Hall–Kier alpha value is -0.910. The van der Waals surface area contributed by atoms with E-state index in [0.717, 1.165) is 17.7 Å². The Kier molecular flexibility index (Phi) is 4.60. The molecule has 0 atom stereocenters. The average molecular weight is 283 g/mol. The van der Waals surface area contributed by atoms with Gasteiger partial charge in [0.25, 0.3) is 0 Å². The van der Waals surface area contributed by atoms with Crippen LogP contribution >= 0.6 is 0 Å². The number of aliphatic hydroxyl groups excluding tert-OH is 1. The summed E-state index contributed by atoms with van der Waals surface area (Å²) in [4.78, 5) is 2.25. The number of sulfone groups is 1. The number of benzene rings is 1. The van der Waals surface area contributed by atoms with Crippen molar-refractivity contribution in [2.45, 2.75) is 32.0 Å². The third-order valence-electron chi connectivity index (χ3n) is 3.40. The molecule has 1 aliphatic rings. The molecule has 0 unspecified atom stereocenters. The van der Waals surface area contributed by atoms with E-state index in [4.69, 9.17) is 5.11 Å². The Bertz CT molecular complexity index is 506. The molecular formula is C14H21NO3S. The molecular weight excluding hydrogens is 262 g/mol. The summed E-state index contributed by atoms with van der Waals surface area (Å²) in [6.07, 6.45) is 3.62. The molecule has 2 rings (SSSR count). The number of hydrogen-bond acceptors (Lipinski definition) is 4. The van der Waals surface area contributed by atoms with Crippen LogP contribution in [-0.4, -0.2) is 43.0 Å². The fourth-order valence-corrected chi connectivity index (χ4v) is 2.66. The molecule has 1 fully saturated rings. The molecule has 0 bridgehead atoms. The molecule has 0 spiro atoms. The van der Waals surface area contributed by atoms with Crippen LogP contribution in [0.15, 0.2) is 24.3 Å². The van der Waals surface area contributed by atoms with Crippen LogP contribution in [-0.2, 0) is 23.0 Å². The molecule has 106 valence electrons. The van der Waals surface area contributed by atoms with Crippen molar-refractivity contribution in [1.29, 1.82) is 0 Å². The summed E-state index contributed by atoms with van der Waals surface area (Å²) >= 11 is 0. The van der Waals surface area contributed by atoms with E-state index in [1.54, 1.807) is 0 Å². The number of rotatable bonds is 7. The molecule has 1 saturated carbocycles. The average Bonchev–Trinajstić information content (AvgIpc) is 3.18. The van der Waals surface area contributed by atoms with E-state index in [1.807, 2.05) is 24.3 Å². The normalized spacial score (nSPS) is 15.9. The largest absolute Gasteiger partial charge is 0.392 e. The van der Waals surface area contributed by atoms with Gasteiger partial charge < -0.3 is 5.11 Å².